The molecule has 3 heteroatoms. The van der Waals surface area contributed by atoms with E-state index in [2.05, 4.69) is 59.2 Å². The summed E-state index contributed by atoms with van der Waals surface area (Å²) in [5.74, 6) is 5.67. The summed E-state index contributed by atoms with van der Waals surface area (Å²) >= 11 is 2.33. The average Bonchev–Trinajstić information content (AvgIpc) is 2.43. The van der Waals surface area contributed by atoms with Gasteiger partial charge in [-0.3, -0.25) is 11.3 Å². The van der Waals surface area contributed by atoms with E-state index in [1.807, 2.05) is 0 Å². The first kappa shape index (κ1) is 16.9. The van der Waals surface area contributed by atoms with E-state index in [-0.39, 0.29) is 0 Å². The number of rotatable bonds is 10. The van der Waals surface area contributed by atoms with Crippen molar-refractivity contribution in [3.8, 4) is 0 Å². The standard InChI is InChI=1S/C16H27IN2/c1-2-3-4-5-6-7-8-9-16(19-18)14-10-12-15(17)13-11-14/h10-13,16,19H,2-9,18H2,1H3. The van der Waals surface area contributed by atoms with Crippen molar-refractivity contribution >= 4 is 22.6 Å². The Hall–Kier alpha value is -0.130. The Morgan fingerprint density at radius 1 is 1.00 bits per heavy atom. The minimum absolute atomic E-state index is 0.299. The fraction of sp³-hybridized carbons (Fsp3) is 0.625. The molecule has 0 aliphatic rings. The number of benzene rings is 1. The summed E-state index contributed by atoms with van der Waals surface area (Å²) in [6.07, 6.45) is 10.6. The van der Waals surface area contributed by atoms with Crippen molar-refractivity contribution in [1.29, 1.82) is 0 Å². The van der Waals surface area contributed by atoms with E-state index in [9.17, 15) is 0 Å². The van der Waals surface area contributed by atoms with E-state index in [0.29, 0.717) is 6.04 Å². The molecular formula is C16H27IN2. The van der Waals surface area contributed by atoms with Crippen molar-refractivity contribution in [2.45, 2.75) is 64.3 Å². The Bertz CT molecular complexity index is 324. The number of nitrogens with one attached hydrogen (secondary N) is 1. The first-order valence-electron chi connectivity index (χ1n) is 7.49. The molecule has 0 radical (unpaired) electrons. The molecule has 0 spiro atoms. The second-order valence-electron chi connectivity index (χ2n) is 5.18. The fourth-order valence-electron chi connectivity index (χ4n) is 2.35. The molecule has 3 N–H and O–H groups in total. The quantitative estimate of drug-likeness (QED) is 0.264. The highest BCUT2D eigenvalue weighted by molar-refractivity contribution is 14.1. The first-order valence-corrected chi connectivity index (χ1v) is 8.57. The molecular weight excluding hydrogens is 347 g/mol. The normalized spacial score (nSPS) is 12.6. The lowest BCUT2D eigenvalue weighted by molar-refractivity contribution is 0.476. The highest BCUT2D eigenvalue weighted by atomic mass is 127. The van der Waals surface area contributed by atoms with Crippen LogP contribution in [0.4, 0.5) is 0 Å². The van der Waals surface area contributed by atoms with Crippen molar-refractivity contribution in [2.75, 3.05) is 0 Å². The Kier molecular flexibility index (Phi) is 9.47. The van der Waals surface area contributed by atoms with Gasteiger partial charge in [0.2, 0.25) is 0 Å². The predicted octanol–water partition coefficient (Wildman–Crippen LogP) is 4.94. The van der Waals surface area contributed by atoms with Crippen LogP contribution in [0.25, 0.3) is 0 Å². The maximum atomic E-state index is 5.67. The molecule has 0 bridgehead atoms. The summed E-state index contributed by atoms with van der Waals surface area (Å²) in [6, 6.07) is 8.93. The largest absolute Gasteiger partial charge is 0.271 e. The van der Waals surface area contributed by atoms with Gasteiger partial charge in [-0.15, -0.1) is 0 Å². The van der Waals surface area contributed by atoms with Gasteiger partial charge in [0, 0.05) is 9.61 Å². The molecule has 0 aromatic heterocycles. The minimum Gasteiger partial charge on any atom is -0.271 e. The molecule has 0 saturated carbocycles. The van der Waals surface area contributed by atoms with Crippen molar-refractivity contribution in [2.24, 2.45) is 5.84 Å². The zero-order valence-electron chi connectivity index (χ0n) is 12.0. The molecule has 2 nitrogen and oxygen atoms in total. The molecule has 1 unspecified atom stereocenters. The Labute approximate surface area is 131 Å². The molecule has 0 heterocycles. The van der Waals surface area contributed by atoms with Gasteiger partial charge in [-0.05, 0) is 46.7 Å². The lowest BCUT2D eigenvalue weighted by Crippen LogP contribution is -2.27. The van der Waals surface area contributed by atoms with Crippen LogP contribution in [0.5, 0.6) is 0 Å². The number of nitrogens with two attached hydrogens (primary N) is 1. The average molecular weight is 374 g/mol. The minimum atomic E-state index is 0.299. The molecule has 1 atom stereocenters. The van der Waals surface area contributed by atoms with Crippen molar-refractivity contribution in [3.63, 3.8) is 0 Å². The van der Waals surface area contributed by atoms with E-state index in [1.54, 1.807) is 0 Å². The third-order valence-corrected chi connectivity index (χ3v) is 4.29. The second kappa shape index (κ2) is 10.6. The van der Waals surface area contributed by atoms with Crippen LogP contribution in [-0.4, -0.2) is 0 Å². The lowest BCUT2D eigenvalue weighted by Gasteiger charge is -2.16. The van der Waals surface area contributed by atoms with Crippen molar-refractivity contribution < 1.29 is 0 Å². The van der Waals surface area contributed by atoms with Crippen LogP contribution in [0.3, 0.4) is 0 Å². The molecule has 0 aliphatic carbocycles. The Morgan fingerprint density at radius 3 is 2.16 bits per heavy atom. The van der Waals surface area contributed by atoms with Crippen LogP contribution < -0.4 is 11.3 Å². The summed E-state index contributed by atoms with van der Waals surface area (Å²) in [5.41, 5.74) is 4.25. The van der Waals surface area contributed by atoms with Gasteiger partial charge in [0.1, 0.15) is 0 Å². The first-order chi connectivity index (χ1) is 9.27. The number of unbranched alkanes of at least 4 members (excludes halogenated alkanes) is 6. The Balaban J connectivity index is 2.20. The third kappa shape index (κ3) is 7.28. The van der Waals surface area contributed by atoms with Gasteiger partial charge in [0.15, 0.2) is 0 Å². The van der Waals surface area contributed by atoms with Crippen LogP contribution in [-0.2, 0) is 0 Å². The van der Waals surface area contributed by atoms with Gasteiger partial charge in [0.25, 0.3) is 0 Å². The predicted molar refractivity (Wildman–Crippen MR) is 91.8 cm³/mol. The van der Waals surface area contributed by atoms with Crippen LogP contribution >= 0.6 is 22.6 Å². The van der Waals surface area contributed by atoms with Crippen LogP contribution in [0.15, 0.2) is 24.3 Å². The monoisotopic (exact) mass is 374 g/mol. The van der Waals surface area contributed by atoms with Crippen LogP contribution in [0, 0.1) is 3.57 Å². The number of hydrogen-bond acceptors (Lipinski definition) is 2. The molecule has 1 rings (SSSR count). The molecule has 1 aromatic carbocycles. The van der Waals surface area contributed by atoms with Gasteiger partial charge in [-0.2, -0.15) is 0 Å². The number of hydrazine groups is 1. The second-order valence-corrected chi connectivity index (χ2v) is 6.43. The topological polar surface area (TPSA) is 38.0 Å². The summed E-state index contributed by atoms with van der Waals surface area (Å²) in [7, 11) is 0. The van der Waals surface area contributed by atoms with E-state index in [4.69, 9.17) is 5.84 Å². The molecule has 19 heavy (non-hydrogen) atoms. The molecule has 1 aromatic rings. The zero-order chi connectivity index (χ0) is 13.9. The lowest BCUT2D eigenvalue weighted by atomic mass is 10.00. The van der Waals surface area contributed by atoms with Crippen LogP contribution in [0.2, 0.25) is 0 Å². The molecule has 0 amide bonds. The smallest absolute Gasteiger partial charge is 0.0460 e. The number of halogens is 1. The van der Waals surface area contributed by atoms with Gasteiger partial charge in [-0.1, -0.05) is 64.0 Å². The summed E-state index contributed by atoms with van der Waals surface area (Å²) < 4.78 is 1.27. The maximum absolute atomic E-state index is 5.67. The summed E-state index contributed by atoms with van der Waals surface area (Å²) in [5, 5.41) is 0. The van der Waals surface area contributed by atoms with Crippen LogP contribution in [0.1, 0.15) is 69.9 Å². The summed E-state index contributed by atoms with van der Waals surface area (Å²) in [6.45, 7) is 2.26. The number of hydrogen-bond donors (Lipinski definition) is 2. The van der Waals surface area contributed by atoms with Gasteiger partial charge in [0.05, 0.1) is 0 Å². The molecule has 0 fully saturated rings. The van der Waals surface area contributed by atoms with E-state index in [0.717, 1.165) is 6.42 Å². The van der Waals surface area contributed by atoms with Gasteiger partial charge >= 0.3 is 0 Å². The maximum Gasteiger partial charge on any atom is 0.0460 e. The van der Waals surface area contributed by atoms with E-state index >= 15 is 0 Å². The van der Waals surface area contributed by atoms with Gasteiger partial charge < -0.3 is 0 Å². The molecule has 0 saturated heterocycles. The third-order valence-electron chi connectivity index (χ3n) is 3.57. The van der Waals surface area contributed by atoms with Crippen molar-refractivity contribution in [1.82, 2.24) is 5.43 Å². The SMILES string of the molecule is CCCCCCCCCC(NN)c1ccc(I)cc1. The zero-order valence-corrected chi connectivity index (χ0v) is 14.2. The van der Waals surface area contributed by atoms with Crippen molar-refractivity contribution in [3.05, 3.63) is 33.4 Å². The molecule has 108 valence electrons. The highest BCUT2D eigenvalue weighted by Gasteiger charge is 2.08. The summed E-state index contributed by atoms with van der Waals surface area (Å²) in [4.78, 5) is 0. The van der Waals surface area contributed by atoms with E-state index < -0.39 is 0 Å². The van der Waals surface area contributed by atoms with Gasteiger partial charge in [-0.25, -0.2) is 0 Å². The van der Waals surface area contributed by atoms with E-state index in [1.165, 1.54) is 54.1 Å². The fourth-order valence-corrected chi connectivity index (χ4v) is 2.71. The highest BCUT2D eigenvalue weighted by Crippen LogP contribution is 2.20. The molecule has 0 aliphatic heterocycles. The Morgan fingerprint density at radius 2 is 1.58 bits per heavy atom.